The van der Waals surface area contributed by atoms with Gasteiger partial charge in [0.25, 0.3) is 5.91 Å². The first-order chi connectivity index (χ1) is 10.2. The Morgan fingerprint density at radius 2 is 2.24 bits per heavy atom. The van der Waals surface area contributed by atoms with E-state index in [4.69, 9.17) is 14.7 Å². The molecule has 1 aromatic rings. The van der Waals surface area contributed by atoms with Gasteiger partial charge in [-0.1, -0.05) is 12.1 Å². The lowest BCUT2D eigenvalue weighted by atomic mass is 10.1. The van der Waals surface area contributed by atoms with Gasteiger partial charge in [0.1, 0.15) is 11.6 Å². The van der Waals surface area contributed by atoms with Gasteiger partial charge in [0, 0.05) is 6.54 Å². The van der Waals surface area contributed by atoms with E-state index >= 15 is 0 Å². The van der Waals surface area contributed by atoms with Crippen molar-refractivity contribution in [1.82, 2.24) is 5.32 Å². The van der Waals surface area contributed by atoms with Crippen LogP contribution in [0.25, 0.3) is 6.08 Å². The molecule has 1 aromatic carbocycles. The summed E-state index contributed by atoms with van der Waals surface area (Å²) in [6.07, 6.45) is 3.05. The Morgan fingerprint density at radius 1 is 1.48 bits per heavy atom. The summed E-state index contributed by atoms with van der Waals surface area (Å²) in [6, 6.07) is 7.08. The number of methoxy groups -OCH3 is 1. The minimum Gasteiger partial charge on any atom is -0.493 e. The van der Waals surface area contributed by atoms with E-state index in [-0.39, 0.29) is 5.57 Å². The van der Waals surface area contributed by atoms with Crippen LogP contribution >= 0.6 is 0 Å². The lowest BCUT2D eigenvalue weighted by Crippen LogP contribution is -2.24. The molecule has 0 radical (unpaired) electrons. The van der Waals surface area contributed by atoms with Gasteiger partial charge < -0.3 is 14.8 Å². The Bertz CT molecular complexity index is 586. The average molecular weight is 286 g/mol. The zero-order valence-corrected chi connectivity index (χ0v) is 12.2. The molecule has 1 N–H and O–H groups in total. The maximum Gasteiger partial charge on any atom is 0.262 e. The van der Waals surface area contributed by atoms with Crippen LogP contribution < -0.4 is 14.8 Å². The quantitative estimate of drug-likeness (QED) is 0.474. The third kappa shape index (κ3) is 4.69. The topological polar surface area (TPSA) is 71.4 Å². The number of ether oxygens (including phenoxy) is 2. The highest BCUT2D eigenvalue weighted by atomic mass is 16.5. The summed E-state index contributed by atoms with van der Waals surface area (Å²) < 4.78 is 10.6. The van der Waals surface area contributed by atoms with Crippen molar-refractivity contribution in [3.63, 3.8) is 0 Å². The molecule has 0 saturated heterocycles. The second-order valence-electron chi connectivity index (χ2n) is 4.01. The van der Waals surface area contributed by atoms with Crippen LogP contribution in [0, 0.1) is 11.3 Å². The van der Waals surface area contributed by atoms with Crippen molar-refractivity contribution in [2.45, 2.75) is 6.92 Å². The summed E-state index contributed by atoms with van der Waals surface area (Å²) in [5.41, 5.74) is 0.703. The molecular weight excluding hydrogens is 268 g/mol. The van der Waals surface area contributed by atoms with Gasteiger partial charge in [-0.25, -0.2) is 0 Å². The Labute approximate surface area is 124 Å². The molecule has 21 heavy (non-hydrogen) atoms. The third-order valence-corrected chi connectivity index (χ3v) is 2.57. The molecule has 110 valence electrons. The molecule has 5 heteroatoms. The number of carbonyl (C=O) groups excluding carboxylic acids is 1. The first-order valence-corrected chi connectivity index (χ1v) is 6.48. The van der Waals surface area contributed by atoms with Gasteiger partial charge in [0.05, 0.1) is 13.7 Å². The molecule has 0 spiro atoms. The fraction of sp³-hybridized carbons (Fsp3) is 0.250. The molecule has 0 aliphatic heterocycles. The number of nitriles is 1. The van der Waals surface area contributed by atoms with E-state index < -0.39 is 5.91 Å². The van der Waals surface area contributed by atoms with Gasteiger partial charge in [-0.2, -0.15) is 5.26 Å². The van der Waals surface area contributed by atoms with E-state index in [1.54, 1.807) is 31.4 Å². The van der Waals surface area contributed by atoms with Crippen LogP contribution in [-0.2, 0) is 4.79 Å². The van der Waals surface area contributed by atoms with Crippen molar-refractivity contribution in [3.8, 4) is 17.6 Å². The van der Waals surface area contributed by atoms with Gasteiger partial charge in [-0.05, 0) is 30.7 Å². The Morgan fingerprint density at radius 3 is 2.81 bits per heavy atom. The number of nitrogens with zero attached hydrogens (tertiary/aromatic N) is 1. The predicted octanol–water partition coefficient (Wildman–Crippen LogP) is 2.30. The molecule has 0 unspecified atom stereocenters. The van der Waals surface area contributed by atoms with Crippen LogP contribution in [-0.4, -0.2) is 26.2 Å². The van der Waals surface area contributed by atoms with Crippen LogP contribution in [0.4, 0.5) is 0 Å². The number of nitrogens with one attached hydrogen (secondary N) is 1. The number of benzene rings is 1. The van der Waals surface area contributed by atoms with E-state index in [0.29, 0.717) is 30.2 Å². The normalized spacial score (nSPS) is 10.4. The Kier molecular flexibility index (Phi) is 6.55. The standard InChI is InChI=1S/C16H18N2O3/c1-4-8-18-16(19)13(11-17)9-12-6-7-14(20-3)15(10-12)21-5-2/h4,6-7,9-10H,1,5,8H2,2-3H3,(H,18,19)/b13-9+. The summed E-state index contributed by atoms with van der Waals surface area (Å²) in [5.74, 6) is 0.729. The molecule has 0 aliphatic carbocycles. The highest BCUT2D eigenvalue weighted by Gasteiger charge is 2.09. The minimum absolute atomic E-state index is 0.0180. The first-order valence-electron chi connectivity index (χ1n) is 6.48. The van der Waals surface area contributed by atoms with Crippen molar-refractivity contribution in [2.24, 2.45) is 0 Å². The predicted molar refractivity (Wildman–Crippen MR) is 81.0 cm³/mol. The molecular formula is C16H18N2O3. The molecule has 0 bridgehead atoms. The SMILES string of the molecule is C=CCNC(=O)/C(C#N)=C/c1ccc(OC)c(OCC)c1. The summed E-state index contributed by atoms with van der Waals surface area (Å²) in [7, 11) is 1.55. The zero-order valence-electron chi connectivity index (χ0n) is 12.2. The maximum atomic E-state index is 11.8. The largest absolute Gasteiger partial charge is 0.493 e. The van der Waals surface area contributed by atoms with Crippen LogP contribution in [0.2, 0.25) is 0 Å². The molecule has 0 aliphatic rings. The van der Waals surface area contributed by atoms with E-state index in [1.165, 1.54) is 6.08 Å². The van der Waals surface area contributed by atoms with Crippen molar-refractivity contribution in [1.29, 1.82) is 5.26 Å². The van der Waals surface area contributed by atoms with Crippen LogP contribution in [0.3, 0.4) is 0 Å². The Hall–Kier alpha value is -2.74. The monoisotopic (exact) mass is 286 g/mol. The first kappa shape index (κ1) is 16.3. The lowest BCUT2D eigenvalue weighted by molar-refractivity contribution is -0.116. The molecule has 0 heterocycles. The number of amides is 1. The van der Waals surface area contributed by atoms with Crippen molar-refractivity contribution in [2.75, 3.05) is 20.3 Å². The van der Waals surface area contributed by atoms with Gasteiger partial charge in [0.2, 0.25) is 0 Å². The number of hydrogen-bond acceptors (Lipinski definition) is 4. The summed E-state index contributed by atoms with van der Waals surface area (Å²) in [6.45, 7) is 6.18. The third-order valence-electron chi connectivity index (χ3n) is 2.57. The molecule has 0 aromatic heterocycles. The fourth-order valence-corrected chi connectivity index (χ4v) is 1.63. The molecule has 0 atom stereocenters. The smallest absolute Gasteiger partial charge is 0.262 e. The number of carbonyl (C=O) groups is 1. The molecule has 0 fully saturated rings. The number of rotatable bonds is 7. The van der Waals surface area contributed by atoms with E-state index in [2.05, 4.69) is 11.9 Å². The van der Waals surface area contributed by atoms with E-state index in [1.807, 2.05) is 13.0 Å². The highest BCUT2D eigenvalue weighted by molar-refractivity contribution is 6.01. The molecule has 0 saturated carbocycles. The van der Waals surface area contributed by atoms with Crippen LogP contribution in [0.5, 0.6) is 11.5 Å². The molecule has 1 amide bonds. The van der Waals surface area contributed by atoms with Crippen LogP contribution in [0.1, 0.15) is 12.5 Å². The van der Waals surface area contributed by atoms with E-state index in [0.717, 1.165) is 0 Å². The number of hydrogen-bond donors (Lipinski definition) is 1. The van der Waals surface area contributed by atoms with Gasteiger partial charge in [0.15, 0.2) is 11.5 Å². The lowest BCUT2D eigenvalue weighted by Gasteiger charge is -2.09. The van der Waals surface area contributed by atoms with Gasteiger partial charge >= 0.3 is 0 Å². The summed E-state index contributed by atoms with van der Waals surface area (Å²) in [5, 5.41) is 11.6. The fourth-order valence-electron chi connectivity index (χ4n) is 1.63. The minimum atomic E-state index is -0.439. The van der Waals surface area contributed by atoms with Gasteiger partial charge in [-0.3, -0.25) is 4.79 Å². The summed E-state index contributed by atoms with van der Waals surface area (Å²) >= 11 is 0. The Balaban J connectivity index is 3.06. The van der Waals surface area contributed by atoms with E-state index in [9.17, 15) is 4.79 Å². The average Bonchev–Trinajstić information content (AvgIpc) is 2.50. The molecule has 5 nitrogen and oxygen atoms in total. The zero-order chi connectivity index (χ0) is 15.7. The molecule has 1 rings (SSSR count). The van der Waals surface area contributed by atoms with Crippen molar-refractivity contribution in [3.05, 3.63) is 42.0 Å². The van der Waals surface area contributed by atoms with Gasteiger partial charge in [-0.15, -0.1) is 6.58 Å². The highest BCUT2D eigenvalue weighted by Crippen LogP contribution is 2.28. The van der Waals surface area contributed by atoms with Crippen molar-refractivity contribution >= 4 is 12.0 Å². The second-order valence-corrected chi connectivity index (χ2v) is 4.01. The maximum absolute atomic E-state index is 11.8. The summed E-state index contributed by atoms with van der Waals surface area (Å²) in [4.78, 5) is 11.8. The second kappa shape index (κ2) is 8.43. The van der Waals surface area contributed by atoms with Crippen molar-refractivity contribution < 1.29 is 14.3 Å². The van der Waals surface area contributed by atoms with Crippen LogP contribution in [0.15, 0.2) is 36.4 Å².